The molecule has 2 aromatic carbocycles. The van der Waals surface area contributed by atoms with Gasteiger partial charge in [0.15, 0.2) is 5.82 Å². The lowest BCUT2D eigenvalue weighted by atomic mass is 10.0. The number of carbonyl (C=O) groups excluding carboxylic acids is 1. The molecule has 1 atom stereocenters. The molecule has 3 aromatic rings. The molecule has 5 nitrogen and oxygen atoms in total. The number of benzene rings is 2. The van der Waals surface area contributed by atoms with Crippen molar-refractivity contribution in [3.8, 4) is 5.69 Å². The van der Waals surface area contributed by atoms with Crippen molar-refractivity contribution in [2.75, 3.05) is 11.1 Å². The summed E-state index contributed by atoms with van der Waals surface area (Å²) in [6, 6.07) is 14.2. The molecule has 0 fully saturated rings. The maximum absolute atomic E-state index is 14.6. The molecule has 144 valence electrons. The molecule has 0 spiro atoms. The second-order valence-corrected chi connectivity index (χ2v) is 7.97. The summed E-state index contributed by atoms with van der Waals surface area (Å²) in [7, 11) is 0. The number of carbonyl (C=O) groups is 1. The molecule has 1 aliphatic heterocycles. The number of nitrogens with one attached hydrogen (secondary N) is 2. The van der Waals surface area contributed by atoms with Crippen molar-refractivity contribution in [1.29, 1.82) is 0 Å². The van der Waals surface area contributed by atoms with E-state index in [9.17, 15) is 9.18 Å². The van der Waals surface area contributed by atoms with E-state index in [1.54, 1.807) is 28.6 Å². The largest absolute Gasteiger partial charge is 0.331 e. The Hall–Kier alpha value is -2.80. The molecule has 0 saturated heterocycles. The van der Waals surface area contributed by atoms with Crippen LogP contribution < -0.4 is 10.6 Å². The number of halogens is 1. The first-order valence-corrected chi connectivity index (χ1v) is 10.1. The molecule has 4 rings (SSSR count). The first-order chi connectivity index (χ1) is 13.5. The number of anilines is 1. The Morgan fingerprint density at radius 3 is 2.79 bits per heavy atom. The van der Waals surface area contributed by atoms with Gasteiger partial charge in [-0.25, -0.2) is 13.9 Å². The number of amides is 2. The van der Waals surface area contributed by atoms with Crippen molar-refractivity contribution in [3.63, 3.8) is 0 Å². The number of fused-ring (bicyclic) bond motifs is 1. The zero-order valence-electron chi connectivity index (χ0n) is 15.7. The van der Waals surface area contributed by atoms with Gasteiger partial charge in [-0.15, -0.1) is 11.8 Å². The summed E-state index contributed by atoms with van der Waals surface area (Å²) in [5.74, 6) is 0.511. The number of thioether (sulfide) groups is 1. The van der Waals surface area contributed by atoms with E-state index in [-0.39, 0.29) is 12.1 Å². The molecule has 0 radical (unpaired) electrons. The molecule has 7 heteroatoms. The smallest absolute Gasteiger partial charge is 0.319 e. The molecule has 2 heterocycles. The summed E-state index contributed by atoms with van der Waals surface area (Å²) in [5, 5.41) is 10.0. The van der Waals surface area contributed by atoms with E-state index in [4.69, 9.17) is 0 Å². The molecule has 28 heavy (non-hydrogen) atoms. The van der Waals surface area contributed by atoms with Crippen molar-refractivity contribution < 1.29 is 9.18 Å². The first-order valence-electron chi connectivity index (χ1n) is 9.14. The molecule has 1 aliphatic rings. The highest BCUT2D eigenvalue weighted by Gasteiger charge is 2.22. The van der Waals surface area contributed by atoms with Crippen LogP contribution in [0.25, 0.3) is 5.69 Å². The minimum absolute atomic E-state index is 0.0451. The van der Waals surface area contributed by atoms with Gasteiger partial charge in [0.25, 0.3) is 0 Å². The topological polar surface area (TPSA) is 59.0 Å². The van der Waals surface area contributed by atoms with Crippen molar-refractivity contribution in [3.05, 3.63) is 71.3 Å². The Morgan fingerprint density at radius 1 is 1.21 bits per heavy atom. The zero-order chi connectivity index (χ0) is 19.7. The van der Waals surface area contributed by atoms with E-state index in [0.29, 0.717) is 11.4 Å². The standard InChI is InChI=1S/C21H21FN4OS/c1-13-11-14(2)26(25-13)19-8-7-15(12-17(19)22)23-21(27)24-18-9-10-28-20-6-4-3-5-16(18)20/h3-8,11-12,18H,9-10H2,1-2H3,(H2,23,24,27)/t18-/m0/s1. The van der Waals surface area contributed by atoms with E-state index >= 15 is 0 Å². The van der Waals surface area contributed by atoms with Crippen LogP contribution in [0.2, 0.25) is 0 Å². The highest BCUT2D eigenvalue weighted by molar-refractivity contribution is 7.99. The fourth-order valence-corrected chi connectivity index (χ4v) is 4.57. The van der Waals surface area contributed by atoms with Gasteiger partial charge in [-0.1, -0.05) is 18.2 Å². The molecule has 0 bridgehead atoms. The lowest BCUT2D eigenvalue weighted by Gasteiger charge is -2.26. The van der Waals surface area contributed by atoms with Crippen LogP contribution >= 0.6 is 11.8 Å². The quantitative estimate of drug-likeness (QED) is 0.656. The van der Waals surface area contributed by atoms with Crippen LogP contribution in [0.4, 0.5) is 14.9 Å². The van der Waals surface area contributed by atoms with Crippen LogP contribution in [0.1, 0.15) is 29.4 Å². The fraction of sp³-hybridized carbons (Fsp3) is 0.238. The number of aromatic nitrogens is 2. The Bertz CT molecular complexity index is 1030. The monoisotopic (exact) mass is 396 g/mol. The Morgan fingerprint density at radius 2 is 2.04 bits per heavy atom. The number of aryl methyl sites for hydroxylation is 2. The van der Waals surface area contributed by atoms with Gasteiger partial charge in [-0.3, -0.25) is 0 Å². The van der Waals surface area contributed by atoms with Crippen molar-refractivity contribution in [1.82, 2.24) is 15.1 Å². The fourth-order valence-electron chi connectivity index (χ4n) is 3.45. The van der Waals surface area contributed by atoms with E-state index in [2.05, 4.69) is 21.8 Å². The summed E-state index contributed by atoms with van der Waals surface area (Å²) in [6.45, 7) is 3.74. The lowest BCUT2D eigenvalue weighted by Crippen LogP contribution is -2.34. The van der Waals surface area contributed by atoms with Gasteiger partial charge in [0.1, 0.15) is 5.69 Å². The van der Waals surface area contributed by atoms with E-state index < -0.39 is 5.82 Å². The van der Waals surface area contributed by atoms with Crippen LogP contribution in [-0.4, -0.2) is 21.6 Å². The van der Waals surface area contributed by atoms with Crippen LogP contribution in [-0.2, 0) is 0 Å². The number of hydrogen-bond donors (Lipinski definition) is 2. The van der Waals surface area contributed by atoms with Crippen molar-refractivity contribution >= 4 is 23.5 Å². The number of nitrogens with zero attached hydrogens (tertiary/aromatic N) is 2. The molecule has 2 amide bonds. The van der Waals surface area contributed by atoms with Gasteiger partial charge in [0.2, 0.25) is 0 Å². The zero-order valence-corrected chi connectivity index (χ0v) is 16.5. The highest BCUT2D eigenvalue weighted by Crippen LogP contribution is 2.35. The highest BCUT2D eigenvalue weighted by atomic mass is 32.2. The Labute approximate surface area is 167 Å². The van der Waals surface area contributed by atoms with E-state index in [1.165, 1.54) is 11.0 Å². The van der Waals surface area contributed by atoms with Crippen molar-refractivity contribution in [2.45, 2.75) is 31.2 Å². The van der Waals surface area contributed by atoms with Crippen LogP contribution in [0, 0.1) is 19.7 Å². The summed E-state index contributed by atoms with van der Waals surface area (Å²) in [4.78, 5) is 13.6. The number of urea groups is 1. The second kappa shape index (κ2) is 7.67. The van der Waals surface area contributed by atoms with Crippen LogP contribution in [0.5, 0.6) is 0 Å². The van der Waals surface area contributed by atoms with Gasteiger partial charge >= 0.3 is 6.03 Å². The average molecular weight is 396 g/mol. The average Bonchev–Trinajstić information content (AvgIpc) is 3.00. The van der Waals surface area contributed by atoms with Gasteiger partial charge in [-0.05, 0) is 56.2 Å². The molecular weight excluding hydrogens is 375 g/mol. The molecule has 0 unspecified atom stereocenters. The predicted molar refractivity (Wildman–Crippen MR) is 110 cm³/mol. The van der Waals surface area contributed by atoms with E-state index in [0.717, 1.165) is 29.1 Å². The van der Waals surface area contributed by atoms with Gasteiger partial charge < -0.3 is 10.6 Å². The maximum Gasteiger partial charge on any atom is 0.319 e. The summed E-state index contributed by atoms with van der Waals surface area (Å²) in [5.41, 5.74) is 3.56. The number of hydrogen-bond acceptors (Lipinski definition) is 3. The minimum atomic E-state index is -0.441. The third kappa shape index (κ3) is 3.75. The first kappa shape index (κ1) is 18.6. The number of rotatable bonds is 3. The van der Waals surface area contributed by atoms with Crippen LogP contribution in [0.3, 0.4) is 0 Å². The van der Waals surface area contributed by atoms with Gasteiger partial charge in [-0.2, -0.15) is 5.10 Å². The molecule has 2 N–H and O–H groups in total. The second-order valence-electron chi connectivity index (χ2n) is 6.83. The third-order valence-electron chi connectivity index (χ3n) is 4.71. The Balaban J connectivity index is 1.47. The SMILES string of the molecule is Cc1cc(C)n(-c2ccc(NC(=O)N[C@H]3CCSc4ccccc43)cc2F)n1. The minimum Gasteiger partial charge on any atom is -0.331 e. The summed E-state index contributed by atoms with van der Waals surface area (Å²) >= 11 is 1.80. The third-order valence-corrected chi connectivity index (χ3v) is 5.83. The molecular formula is C21H21FN4OS. The molecule has 0 aliphatic carbocycles. The Kier molecular flexibility index (Phi) is 5.09. The van der Waals surface area contributed by atoms with Crippen molar-refractivity contribution in [2.24, 2.45) is 0 Å². The lowest BCUT2D eigenvalue weighted by molar-refractivity contribution is 0.248. The van der Waals surface area contributed by atoms with Gasteiger partial charge in [0, 0.05) is 22.0 Å². The normalized spacial score (nSPS) is 15.8. The summed E-state index contributed by atoms with van der Waals surface area (Å²) in [6.07, 6.45) is 0.861. The summed E-state index contributed by atoms with van der Waals surface area (Å²) < 4.78 is 16.2. The maximum atomic E-state index is 14.6. The van der Waals surface area contributed by atoms with Gasteiger partial charge in [0.05, 0.1) is 11.7 Å². The predicted octanol–water partition coefficient (Wildman–Crippen LogP) is 4.99. The van der Waals surface area contributed by atoms with E-state index in [1.807, 2.05) is 38.1 Å². The molecule has 1 aromatic heterocycles. The van der Waals surface area contributed by atoms with Crippen LogP contribution in [0.15, 0.2) is 53.4 Å². The molecule has 0 saturated carbocycles.